The summed E-state index contributed by atoms with van der Waals surface area (Å²) < 4.78 is 0. The molecule has 0 aliphatic heterocycles. The molecule has 74 valence electrons. The Hall–Kier alpha value is -0.340. The van der Waals surface area contributed by atoms with Crippen LogP contribution >= 0.6 is 0 Å². The SMILES string of the molecule is CCC(CC)[NH2+]c1ccccc1.[Br-]. The van der Waals surface area contributed by atoms with E-state index in [0.717, 1.165) is 6.04 Å². The molecule has 0 radical (unpaired) electrons. The molecule has 2 heteroatoms. The summed E-state index contributed by atoms with van der Waals surface area (Å²) in [6.45, 7) is 4.49. The number of nitrogens with two attached hydrogens (primary N) is 1. The summed E-state index contributed by atoms with van der Waals surface area (Å²) in [5.74, 6) is 0. The van der Waals surface area contributed by atoms with Crippen molar-refractivity contribution in [1.82, 2.24) is 0 Å². The molecular formula is C11H18BrN. The lowest BCUT2D eigenvalue weighted by Gasteiger charge is -2.09. The molecule has 0 aliphatic carbocycles. The fourth-order valence-corrected chi connectivity index (χ4v) is 1.36. The van der Waals surface area contributed by atoms with Gasteiger partial charge in [0.2, 0.25) is 0 Å². The zero-order chi connectivity index (χ0) is 8.81. The number of quaternary nitrogens is 1. The Bertz CT molecular complexity index is 207. The molecule has 0 heterocycles. The number of halogens is 1. The molecule has 0 aromatic heterocycles. The highest BCUT2D eigenvalue weighted by Crippen LogP contribution is 1.99. The van der Waals surface area contributed by atoms with Gasteiger partial charge < -0.3 is 22.3 Å². The molecule has 0 saturated carbocycles. The van der Waals surface area contributed by atoms with Gasteiger partial charge >= 0.3 is 0 Å². The zero-order valence-corrected chi connectivity index (χ0v) is 9.92. The maximum absolute atomic E-state index is 2.36. The van der Waals surface area contributed by atoms with E-state index in [2.05, 4.69) is 49.5 Å². The molecule has 0 atom stereocenters. The van der Waals surface area contributed by atoms with E-state index in [1.807, 2.05) is 0 Å². The summed E-state index contributed by atoms with van der Waals surface area (Å²) >= 11 is 0. The lowest BCUT2D eigenvalue weighted by Crippen LogP contribution is -3.00. The first-order valence-corrected chi connectivity index (χ1v) is 4.76. The number of rotatable bonds is 4. The van der Waals surface area contributed by atoms with Crippen LogP contribution in [-0.2, 0) is 0 Å². The lowest BCUT2D eigenvalue weighted by atomic mass is 10.1. The van der Waals surface area contributed by atoms with E-state index in [1.54, 1.807) is 0 Å². The van der Waals surface area contributed by atoms with Gasteiger partial charge in [0.15, 0.2) is 0 Å². The van der Waals surface area contributed by atoms with Crippen LogP contribution in [0.4, 0.5) is 5.69 Å². The average Bonchev–Trinajstić information content (AvgIpc) is 2.16. The van der Waals surface area contributed by atoms with Crippen LogP contribution in [0.2, 0.25) is 0 Å². The van der Waals surface area contributed by atoms with Crippen molar-refractivity contribution in [2.45, 2.75) is 32.7 Å². The van der Waals surface area contributed by atoms with Crippen LogP contribution in [-0.4, -0.2) is 6.04 Å². The molecule has 1 aromatic carbocycles. The minimum Gasteiger partial charge on any atom is -1.00 e. The van der Waals surface area contributed by atoms with Crippen LogP contribution in [0.5, 0.6) is 0 Å². The first-order valence-electron chi connectivity index (χ1n) is 4.76. The zero-order valence-electron chi connectivity index (χ0n) is 8.33. The van der Waals surface area contributed by atoms with E-state index in [-0.39, 0.29) is 17.0 Å². The van der Waals surface area contributed by atoms with E-state index in [0.29, 0.717) is 0 Å². The van der Waals surface area contributed by atoms with E-state index in [4.69, 9.17) is 0 Å². The molecule has 0 amide bonds. The van der Waals surface area contributed by atoms with Gasteiger partial charge in [-0.3, -0.25) is 0 Å². The van der Waals surface area contributed by atoms with E-state index in [9.17, 15) is 0 Å². The fraction of sp³-hybridized carbons (Fsp3) is 0.455. The highest BCUT2D eigenvalue weighted by Gasteiger charge is 2.06. The molecule has 2 N–H and O–H groups in total. The van der Waals surface area contributed by atoms with Crippen LogP contribution in [0, 0.1) is 0 Å². The molecular weight excluding hydrogens is 226 g/mol. The minimum absolute atomic E-state index is 0. The van der Waals surface area contributed by atoms with Gasteiger partial charge in [0.25, 0.3) is 0 Å². The first kappa shape index (κ1) is 12.7. The molecule has 0 fully saturated rings. The average molecular weight is 244 g/mol. The third-order valence-corrected chi connectivity index (χ3v) is 2.28. The van der Waals surface area contributed by atoms with Gasteiger partial charge in [-0.15, -0.1) is 0 Å². The van der Waals surface area contributed by atoms with Crippen LogP contribution in [0.1, 0.15) is 26.7 Å². The Morgan fingerprint density at radius 1 is 1.08 bits per heavy atom. The summed E-state index contributed by atoms with van der Waals surface area (Å²) in [4.78, 5) is 0. The quantitative estimate of drug-likeness (QED) is 0.659. The normalized spacial score (nSPS) is 9.77. The molecule has 1 rings (SSSR count). The lowest BCUT2D eigenvalue weighted by molar-refractivity contribution is -0.611. The highest BCUT2D eigenvalue weighted by atomic mass is 79.9. The molecule has 13 heavy (non-hydrogen) atoms. The molecule has 1 aromatic rings. The van der Waals surface area contributed by atoms with Gasteiger partial charge in [0, 0.05) is 0 Å². The third kappa shape index (κ3) is 4.44. The molecule has 0 unspecified atom stereocenters. The Labute approximate surface area is 91.3 Å². The van der Waals surface area contributed by atoms with Crippen molar-refractivity contribution >= 4 is 5.69 Å². The maximum Gasteiger partial charge on any atom is 0.129 e. The Kier molecular flexibility index (Phi) is 6.92. The van der Waals surface area contributed by atoms with Crippen molar-refractivity contribution < 1.29 is 22.3 Å². The standard InChI is InChI=1S/C11H17N.BrH/c1-3-10(4-2)12-11-8-6-5-7-9-11;/h5-10,12H,3-4H2,1-2H3;1H. The Morgan fingerprint density at radius 2 is 1.62 bits per heavy atom. The van der Waals surface area contributed by atoms with Gasteiger partial charge in [-0.2, -0.15) is 0 Å². The largest absolute Gasteiger partial charge is 1.00 e. The van der Waals surface area contributed by atoms with Crippen LogP contribution < -0.4 is 22.3 Å². The van der Waals surface area contributed by atoms with Crippen LogP contribution in [0.3, 0.4) is 0 Å². The minimum atomic E-state index is 0. The van der Waals surface area contributed by atoms with Crippen molar-refractivity contribution in [1.29, 1.82) is 0 Å². The second-order valence-corrected chi connectivity index (χ2v) is 3.15. The predicted octanol–water partition coefficient (Wildman–Crippen LogP) is -0.926. The molecule has 0 saturated heterocycles. The molecule has 0 aliphatic rings. The van der Waals surface area contributed by atoms with E-state index in [1.165, 1.54) is 18.5 Å². The number of hydrogen-bond donors (Lipinski definition) is 1. The monoisotopic (exact) mass is 243 g/mol. The summed E-state index contributed by atoms with van der Waals surface area (Å²) in [5.41, 5.74) is 1.35. The molecule has 1 nitrogen and oxygen atoms in total. The van der Waals surface area contributed by atoms with Crippen LogP contribution in [0.25, 0.3) is 0 Å². The summed E-state index contributed by atoms with van der Waals surface area (Å²) in [6, 6.07) is 11.3. The predicted molar refractivity (Wildman–Crippen MR) is 52.4 cm³/mol. The first-order chi connectivity index (χ1) is 5.86. The van der Waals surface area contributed by atoms with Crippen molar-refractivity contribution in [2.24, 2.45) is 0 Å². The van der Waals surface area contributed by atoms with Gasteiger partial charge in [-0.25, -0.2) is 0 Å². The van der Waals surface area contributed by atoms with Gasteiger partial charge in [0.05, 0.1) is 6.04 Å². The van der Waals surface area contributed by atoms with Gasteiger partial charge in [-0.1, -0.05) is 32.0 Å². The Morgan fingerprint density at radius 3 is 2.08 bits per heavy atom. The number of benzene rings is 1. The van der Waals surface area contributed by atoms with Crippen molar-refractivity contribution in [3.8, 4) is 0 Å². The summed E-state index contributed by atoms with van der Waals surface area (Å²) in [7, 11) is 0. The topological polar surface area (TPSA) is 16.6 Å². The number of para-hydroxylation sites is 1. The summed E-state index contributed by atoms with van der Waals surface area (Å²) in [5, 5.41) is 2.36. The summed E-state index contributed by atoms with van der Waals surface area (Å²) in [6.07, 6.45) is 2.48. The van der Waals surface area contributed by atoms with E-state index >= 15 is 0 Å². The second kappa shape index (κ2) is 7.10. The van der Waals surface area contributed by atoms with Crippen molar-refractivity contribution in [2.75, 3.05) is 0 Å². The molecule has 0 spiro atoms. The third-order valence-electron chi connectivity index (χ3n) is 2.28. The number of hydrogen-bond acceptors (Lipinski definition) is 0. The van der Waals surface area contributed by atoms with Crippen molar-refractivity contribution in [3.63, 3.8) is 0 Å². The van der Waals surface area contributed by atoms with E-state index < -0.39 is 0 Å². The van der Waals surface area contributed by atoms with Crippen LogP contribution in [0.15, 0.2) is 30.3 Å². The van der Waals surface area contributed by atoms with Crippen molar-refractivity contribution in [3.05, 3.63) is 30.3 Å². The smallest absolute Gasteiger partial charge is 0.129 e. The second-order valence-electron chi connectivity index (χ2n) is 3.15. The fourth-order valence-electron chi connectivity index (χ4n) is 1.36. The Balaban J connectivity index is 0.00000144. The van der Waals surface area contributed by atoms with Gasteiger partial charge in [0.1, 0.15) is 5.69 Å². The highest BCUT2D eigenvalue weighted by molar-refractivity contribution is 5.26. The van der Waals surface area contributed by atoms with Gasteiger partial charge in [-0.05, 0) is 25.0 Å². The molecule has 0 bridgehead atoms. The maximum atomic E-state index is 2.36.